The van der Waals surface area contributed by atoms with E-state index in [0.717, 1.165) is 11.6 Å². The average Bonchev–Trinajstić information content (AvgIpc) is 2.60. The van der Waals surface area contributed by atoms with E-state index in [2.05, 4.69) is 5.32 Å². The van der Waals surface area contributed by atoms with Crippen LogP contribution in [0.1, 0.15) is 5.56 Å². The smallest absolute Gasteiger partial charge is 0.246 e. The molecule has 0 saturated carbocycles. The average molecular weight is 451 g/mol. The van der Waals surface area contributed by atoms with E-state index in [1.54, 1.807) is 35.0 Å². The lowest BCUT2D eigenvalue weighted by Crippen LogP contribution is -2.58. The molecular formula is C19H20Cl3F2N3O. The van der Waals surface area contributed by atoms with Crippen LogP contribution < -0.4 is 10.2 Å². The highest BCUT2D eigenvalue weighted by molar-refractivity contribution is 6.34. The van der Waals surface area contributed by atoms with Crippen LogP contribution in [0, 0.1) is 11.6 Å². The molecule has 1 unspecified atom stereocenters. The van der Waals surface area contributed by atoms with Gasteiger partial charge in [-0.25, -0.2) is 8.78 Å². The largest absolute Gasteiger partial charge is 0.355 e. The molecule has 3 rings (SSSR count). The summed E-state index contributed by atoms with van der Waals surface area (Å²) in [6.45, 7) is 1.73. The summed E-state index contributed by atoms with van der Waals surface area (Å²) >= 11 is 12.0. The number of anilines is 1. The van der Waals surface area contributed by atoms with Crippen molar-refractivity contribution in [3.05, 3.63) is 63.6 Å². The number of nitrogens with zero attached hydrogens (tertiary/aromatic N) is 2. The summed E-state index contributed by atoms with van der Waals surface area (Å²) in [6, 6.07) is 7.90. The van der Waals surface area contributed by atoms with Gasteiger partial charge in [0.25, 0.3) is 0 Å². The lowest BCUT2D eigenvalue weighted by atomic mass is 10.1. The van der Waals surface area contributed by atoms with E-state index in [4.69, 9.17) is 23.2 Å². The van der Waals surface area contributed by atoms with Crippen LogP contribution in [0.5, 0.6) is 0 Å². The minimum Gasteiger partial charge on any atom is -0.355 e. The van der Waals surface area contributed by atoms with E-state index in [1.165, 1.54) is 12.1 Å². The summed E-state index contributed by atoms with van der Waals surface area (Å²) in [7, 11) is 1.67. The van der Waals surface area contributed by atoms with Gasteiger partial charge in [-0.1, -0.05) is 23.2 Å². The van der Waals surface area contributed by atoms with Gasteiger partial charge in [0.15, 0.2) is 0 Å². The SMILES string of the molecule is CN(Cc1cc(Cl)cc(Cl)c1)C(=O)C1CNCCN1c1ccc(F)cc1F.Cl. The van der Waals surface area contributed by atoms with Crippen molar-refractivity contribution in [3.63, 3.8) is 0 Å². The van der Waals surface area contributed by atoms with E-state index in [-0.39, 0.29) is 24.0 Å². The number of benzene rings is 2. The van der Waals surface area contributed by atoms with Crippen LogP contribution in [0.2, 0.25) is 10.0 Å². The minimum atomic E-state index is -0.682. The highest BCUT2D eigenvalue weighted by atomic mass is 35.5. The van der Waals surface area contributed by atoms with Crippen LogP contribution in [-0.2, 0) is 11.3 Å². The molecule has 0 aliphatic carbocycles. The maximum atomic E-state index is 14.3. The molecule has 1 atom stereocenters. The summed E-state index contributed by atoms with van der Waals surface area (Å²) in [5.74, 6) is -1.51. The molecule has 1 aliphatic heterocycles. The highest BCUT2D eigenvalue weighted by Gasteiger charge is 2.32. The fourth-order valence-corrected chi connectivity index (χ4v) is 3.81. The standard InChI is InChI=1S/C19H19Cl2F2N3O.ClH/c1-25(11-12-6-13(20)8-14(21)7-12)19(27)18-10-24-4-5-26(18)17-3-2-15(22)9-16(17)23;/h2-3,6-9,18,24H,4-5,10-11H2,1H3;1H. The predicted molar refractivity (Wildman–Crippen MR) is 111 cm³/mol. The van der Waals surface area contributed by atoms with Crippen molar-refractivity contribution in [1.82, 2.24) is 10.2 Å². The monoisotopic (exact) mass is 449 g/mol. The Labute approximate surface area is 178 Å². The summed E-state index contributed by atoms with van der Waals surface area (Å²) in [6.07, 6.45) is 0. The summed E-state index contributed by atoms with van der Waals surface area (Å²) in [4.78, 5) is 16.2. The first-order valence-corrected chi connectivity index (χ1v) is 9.23. The van der Waals surface area contributed by atoms with Gasteiger partial charge < -0.3 is 15.1 Å². The van der Waals surface area contributed by atoms with Crippen LogP contribution in [0.25, 0.3) is 0 Å². The Kier molecular flexibility index (Phi) is 7.89. The molecule has 0 bridgehead atoms. The maximum absolute atomic E-state index is 14.3. The molecule has 1 saturated heterocycles. The van der Waals surface area contributed by atoms with Gasteiger partial charge in [-0.05, 0) is 35.9 Å². The molecule has 0 spiro atoms. The van der Waals surface area contributed by atoms with E-state index < -0.39 is 17.7 Å². The number of likely N-dealkylation sites (N-methyl/N-ethyl adjacent to an activating group) is 1. The summed E-state index contributed by atoms with van der Waals surface area (Å²) in [5, 5.41) is 4.14. The van der Waals surface area contributed by atoms with E-state index in [9.17, 15) is 13.6 Å². The number of hydrogen-bond donors (Lipinski definition) is 1. The summed E-state index contributed by atoms with van der Waals surface area (Å²) in [5.41, 5.74) is 1.02. The Balaban J connectivity index is 0.00000280. The van der Waals surface area contributed by atoms with Crippen molar-refractivity contribution in [2.75, 3.05) is 31.6 Å². The zero-order chi connectivity index (χ0) is 19.6. The van der Waals surface area contributed by atoms with Gasteiger partial charge in [0, 0.05) is 49.3 Å². The van der Waals surface area contributed by atoms with Crippen LogP contribution in [-0.4, -0.2) is 43.5 Å². The number of piperazine rings is 1. The van der Waals surface area contributed by atoms with Crippen LogP contribution in [0.4, 0.5) is 14.5 Å². The Morgan fingerprint density at radius 2 is 1.89 bits per heavy atom. The number of carbonyl (C=O) groups excluding carboxylic acids is 1. The molecule has 1 fully saturated rings. The summed E-state index contributed by atoms with van der Waals surface area (Å²) < 4.78 is 27.5. The van der Waals surface area contributed by atoms with Gasteiger partial charge in [0.2, 0.25) is 5.91 Å². The van der Waals surface area contributed by atoms with Gasteiger partial charge >= 0.3 is 0 Å². The fraction of sp³-hybridized carbons (Fsp3) is 0.316. The Hall–Kier alpha value is -1.60. The molecular weight excluding hydrogens is 431 g/mol. The van der Waals surface area contributed by atoms with E-state index in [0.29, 0.717) is 36.2 Å². The maximum Gasteiger partial charge on any atom is 0.246 e. The lowest BCUT2D eigenvalue weighted by molar-refractivity contribution is -0.132. The van der Waals surface area contributed by atoms with Crippen molar-refractivity contribution in [2.45, 2.75) is 12.6 Å². The number of nitrogens with one attached hydrogen (secondary N) is 1. The van der Waals surface area contributed by atoms with Crippen molar-refractivity contribution in [3.8, 4) is 0 Å². The Morgan fingerprint density at radius 1 is 1.21 bits per heavy atom. The number of carbonyl (C=O) groups is 1. The molecule has 0 aromatic heterocycles. The third-order valence-corrected chi connectivity index (χ3v) is 4.90. The third-order valence-electron chi connectivity index (χ3n) is 4.47. The number of amides is 1. The Bertz CT molecular complexity index is 833. The first-order chi connectivity index (χ1) is 12.8. The first kappa shape index (κ1) is 22.7. The van der Waals surface area contributed by atoms with Gasteiger partial charge in [0.1, 0.15) is 17.7 Å². The molecule has 1 amide bonds. The second kappa shape index (κ2) is 9.74. The van der Waals surface area contributed by atoms with Crippen molar-refractivity contribution in [2.24, 2.45) is 0 Å². The van der Waals surface area contributed by atoms with E-state index >= 15 is 0 Å². The quantitative estimate of drug-likeness (QED) is 0.761. The number of hydrogen-bond acceptors (Lipinski definition) is 3. The molecule has 28 heavy (non-hydrogen) atoms. The Morgan fingerprint density at radius 3 is 2.54 bits per heavy atom. The van der Waals surface area contributed by atoms with Crippen molar-refractivity contribution in [1.29, 1.82) is 0 Å². The molecule has 0 radical (unpaired) electrons. The molecule has 2 aromatic carbocycles. The van der Waals surface area contributed by atoms with Gasteiger partial charge in [0.05, 0.1) is 5.69 Å². The fourth-order valence-electron chi connectivity index (χ4n) is 3.24. The number of rotatable bonds is 4. The van der Waals surface area contributed by atoms with Gasteiger partial charge in [-0.15, -0.1) is 12.4 Å². The zero-order valence-electron chi connectivity index (χ0n) is 15.1. The predicted octanol–water partition coefficient (Wildman–Crippen LogP) is 4.13. The van der Waals surface area contributed by atoms with Gasteiger partial charge in [-0.2, -0.15) is 0 Å². The van der Waals surface area contributed by atoms with E-state index in [1.807, 2.05) is 0 Å². The first-order valence-electron chi connectivity index (χ1n) is 8.47. The topological polar surface area (TPSA) is 35.6 Å². The van der Waals surface area contributed by atoms with Crippen LogP contribution >= 0.6 is 35.6 Å². The second-order valence-electron chi connectivity index (χ2n) is 6.48. The second-order valence-corrected chi connectivity index (χ2v) is 7.35. The molecule has 2 aromatic rings. The molecule has 1 heterocycles. The molecule has 4 nitrogen and oxygen atoms in total. The zero-order valence-corrected chi connectivity index (χ0v) is 17.4. The minimum absolute atomic E-state index is 0. The lowest BCUT2D eigenvalue weighted by Gasteiger charge is -2.38. The number of halogens is 5. The molecule has 1 N–H and O–H groups in total. The van der Waals surface area contributed by atoms with Crippen molar-refractivity contribution < 1.29 is 13.6 Å². The van der Waals surface area contributed by atoms with Crippen LogP contribution in [0.3, 0.4) is 0 Å². The van der Waals surface area contributed by atoms with Gasteiger partial charge in [-0.3, -0.25) is 4.79 Å². The third kappa shape index (κ3) is 5.26. The molecule has 152 valence electrons. The van der Waals surface area contributed by atoms with Crippen LogP contribution in [0.15, 0.2) is 36.4 Å². The molecule has 1 aliphatic rings. The normalized spacial score (nSPS) is 16.5. The molecule has 9 heteroatoms. The van der Waals surface area contributed by atoms with Crippen molar-refractivity contribution >= 4 is 47.2 Å². The highest BCUT2D eigenvalue weighted by Crippen LogP contribution is 2.25.